The van der Waals surface area contributed by atoms with Gasteiger partial charge in [-0.2, -0.15) is 0 Å². The summed E-state index contributed by atoms with van der Waals surface area (Å²) < 4.78 is 7.94. The van der Waals surface area contributed by atoms with Gasteiger partial charge in [-0.1, -0.05) is 62.4 Å². The summed E-state index contributed by atoms with van der Waals surface area (Å²) >= 11 is 1.52. The Balaban J connectivity index is 1.39. The molecular formula is C35H23NO3S. The number of fused-ring (bicyclic) bond motifs is 6. The number of para-hydroxylation sites is 2. The lowest BCUT2D eigenvalue weighted by Crippen LogP contribution is -2.30. The number of rotatable bonds is 1. The molecule has 0 fully saturated rings. The van der Waals surface area contributed by atoms with Crippen molar-refractivity contribution in [3.05, 3.63) is 135 Å². The van der Waals surface area contributed by atoms with Crippen LogP contribution in [0.15, 0.2) is 117 Å². The van der Waals surface area contributed by atoms with Crippen LogP contribution < -0.4 is 15.8 Å². The van der Waals surface area contributed by atoms with E-state index in [0.717, 1.165) is 26.5 Å². The Morgan fingerprint density at radius 2 is 1.23 bits per heavy atom. The summed E-state index contributed by atoms with van der Waals surface area (Å²) in [6.45, 7) is 4.51. The molecule has 1 aliphatic rings. The molecule has 8 rings (SSSR count). The molecule has 7 aromatic rings. The molecule has 40 heavy (non-hydrogen) atoms. The highest BCUT2D eigenvalue weighted by Crippen LogP contribution is 2.51. The number of benzene rings is 5. The molecule has 0 amide bonds. The third kappa shape index (κ3) is 3.12. The molecule has 5 heteroatoms. The van der Waals surface area contributed by atoms with Crippen LogP contribution >= 0.6 is 11.3 Å². The zero-order valence-electron chi connectivity index (χ0n) is 21.9. The minimum absolute atomic E-state index is 0.0466. The maximum atomic E-state index is 14.0. The fraction of sp³-hybridized carbons (Fsp3) is 0.0857. The Kier molecular flexibility index (Phi) is 4.71. The maximum absolute atomic E-state index is 14.0. The fourth-order valence-corrected chi connectivity index (χ4v) is 7.32. The van der Waals surface area contributed by atoms with E-state index < -0.39 is 0 Å². The highest BCUT2D eigenvalue weighted by Gasteiger charge is 2.36. The fourth-order valence-electron chi connectivity index (χ4n) is 6.22. The van der Waals surface area contributed by atoms with Gasteiger partial charge in [0.15, 0.2) is 5.43 Å². The lowest BCUT2D eigenvalue weighted by Gasteiger charge is -2.42. The Hall–Kier alpha value is -4.74. The number of hydrogen-bond acceptors (Lipinski definition) is 5. The Bertz CT molecular complexity index is 2260. The zero-order chi connectivity index (χ0) is 27.2. The molecule has 3 heterocycles. The van der Waals surface area contributed by atoms with Crippen LogP contribution in [-0.2, 0) is 5.41 Å². The molecule has 0 spiro atoms. The van der Waals surface area contributed by atoms with Crippen LogP contribution in [0.5, 0.6) is 0 Å². The third-order valence-corrected chi connectivity index (χ3v) is 9.38. The van der Waals surface area contributed by atoms with Gasteiger partial charge in [-0.05, 0) is 65.7 Å². The van der Waals surface area contributed by atoms with Gasteiger partial charge in [-0.25, -0.2) is 0 Å². The normalized spacial score (nSPS) is 14.1. The number of nitrogens with zero attached hydrogens (tertiary/aromatic N) is 1. The van der Waals surface area contributed by atoms with Crippen molar-refractivity contribution in [1.29, 1.82) is 0 Å². The molecule has 0 aliphatic carbocycles. The van der Waals surface area contributed by atoms with Gasteiger partial charge in [0.1, 0.15) is 11.2 Å². The predicted molar refractivity (Wildman–Crippen MR) is 166 cm³/mol. The molecule has 0 unspecified atom stereocenters. The second-order valence-electron chi connectivity index (χ2n) is 10.9. The van der Waals surface area contributed by atoms with Crippen LogP contribution in [0.1, 0.15) is 25.0 Å². The zero-order valence-corrected chi connectivity index (χ0v) is 22.7. The van der Waals surface area contributed by atoms with E-state index in [0.29, 0.717) is 32.7 Å². The molecule has 5 aromatic carbocycles. The first kappa shape index (κ1) is 23.2. The van der Waals surface area contributed by atoms with Crippen molar-refractivity contribution in [1.82, 2.24) is 0 Å². The molecule has 0 radical (unpaired) electrons. The van der Waals surface area contributed by atoms with Crippen molar-refractivity contribution in [2.75, 3.05) is 4.90 Å². The van der Waals surface area contributed by atoms with Crippen LogP contribution in [0.3, 0.4) is 0 Å². The SMILES string of the molecule is CC1(C)c2ccccc2N(c2ccc3oc4cc5c(=O)c6ccccc6sc5cc4c(=O)c3c2)c2ccccc21. The lowest BCUT2D eigenvalue weighted by atomic mass is 9.73. The molecule has 0 N–H and O–H groups in total. The van der Waals surface area contributed by atoms with Crippen molar-refractivity contribution in [3.8, 4) is 0 Å². The van der Waals surface area contributed by atoms with E-state index in [4.69, 9.17) is 4.42 Å². The van der Waals surface area contributed by atoms with Crippen LogP contribution in [0.4, 0.5) is 17.1 Å². The molecule has 4 nitrogen and oxygen atoms in total. The maximum Gasteiger partial charge on any atom is 0.200 e. The second kappa shape index (κ2) is 8.13. The van der Waals surface area contributed by atoms with Crippen molar-refractivity contribution in [2.45, 2.75) is 19.3 Å². The molecule has 0 bridgehead atoms. The smallest absolute Gasteiger partial charge is 0.200 e. The Morgan fingerprint density at radius 3 is 1.98 bits per heavy atom. The third-order valence-electron chi connectivity index (χ3n) is 8.25. The van der Waals surface area contributed by atoms with Gasteiger partial charge < -0.3 is 9.32 Å². The highest BCUT2D eigenvalue weighted by atomic mass is 32.1. The number of anilines is 3. The first-order valence-corrected chi connectivity index (χ1v) is 14.1. The van der Waals surface area contributed by atoms with Crippen LogP contribution in [-0.4, -0.2) is 0 Å². The topological polar surface area (TPSA) is 50.5 Å². The van der Waals surface area contributed by atoms with Gasteiger partial charge in [0, 0.05) is 31.3 Å². The molecule has 1 aliphatic heterocycles. The quantitative estimate of drug-likeness (QED) is 0.196. The van der Waals surface area contributed by atoms with Crippen molar-refractivity contribution in [3.63, 3.8) is 0 Å². The van der Waals surface area contributed by atoms with Crippen LogP contribution in [0.2, 0.25) is 0 Å². The van der Waals surface area contributed by atoms with E-state index in [1.807, 2.05) is 48.5 Å². The van der Waals surface area contributed by atoms with E-state index >= 15 is 0 Å². The molecule has 0 atom stereocenters. The summed E-state index contributed by atoms with van der Waals surface area (Å²) in [5.41, 5.74) is 6.15. The van der Waals surface area contributed by atoms with E-state index in [2.05, 4.69) is 67.3 Å². The summed E-state index contributed by atoms with van der Waals surface area (Å²) in [5.74, 6) is 0. The first-order valence-electron chi connectivity index (χ1n) is 13.3. The van der Waals surface area contributed by atoms with Crippen LogP contribution in [0.25, 0.3) is 42.1 Å². The standard InChI is InChI=1S/C35H23NO3S/c1-35(2)25-10-4-6-12-27(25)36(28-13-7-5-11-26(28)35)20-15-16-29-22(17-20)34(38)23-19-32-24(18-30(23)39-29)33(37)21-9-3-8-14-31(21)40-32/h3-19H,1-2H3. The van der Waals surface area contributed by atoms with Gasteiger partial charge in [-0.3, -0.25) is 9.59 Å². The van der Waals surface area contributed by atoms with E-state index in [-0.39, 0.29) is 16.3 Å². The lowest BCUT2D eigenvalue weighted by molar-refractivity contribution is 0.632. The second-order valence-corrected chi connectivity index (χ2v) is 12.0. The summed E-state index contributed by atoms with van der Waals surface area (Å²) in [6, 6.07) is 33.8. The van der Waals surface area contributed by atoms with Gasteiger partial charge in [-0.15, -0.1) is 11.3 Å². The highest BCUT2D eigenvalue weighted by molar-refractivity contribution is 7.24. The molecule has 192 valence electrons. The van der Waals surface area contributed by atoms with Crippen molar-refractivity contribution >= 4 is 70.5 Å². The summed E-state index contributed by atoms with van der Waals surface area (Å²) in [5, 5.41) is 2.23. The first-order chi connectivity index (χ1) is 19.4. The van der Waals surface area contributed by atoms with Crippen LogP contribution in [0, 0.1) is 0 Å². The molecule has 0 saturated carbocycles. The monoisotopic (exact) mass is 537 g/mol. The Labute approximate surface area is 233 Å². The number of hydrogen-bond donors (Lipinski definition) is 0. The molecular weight excluding hydrogens is 514 g/mol. The average molecular weight is 538 g/mol. The van der Waals surface area contributed by atoms with E-state index in [1.165, 1.54) is 22.5 Å². The average Bonchev–Trinajstić information content (AvgIpc) is 2.97. The summed E-state index contributed by atoms with van der Waals surface area (Å²) in [6.07, 6.45) is 0. The minimum atomic E-state index is -0.164. The minimum Gasteiger partial charge on any atom is -0.456 e. The van der Waals surface area contributed by atoms with Gasteiger partial charge in [0.25, 0.3) is 0 Å². The molecule has 0 saturated heterocycles. The van der Waals surface area contributed by atoms with Crippen molar-refractivity contribution < 1.29 is 4.42 Å². The summed E-state index contributed by atoms with van der Waals surface area (Å²) in [7, 11) is 0. The Morgan fingerprint density at radius 1 is 0.600 bits per heavy atom. The van der Waals surface area contributed by atoms with E-state index in [9.17, 15) is 9.59 Å². The molecule has 2 aromatic heterocycles. The van der Waals surface area contributed by atoms with E-state index in [1.54, 1.807) is 6.07 Å². The largest absolute Gasteiger partial charge is 0.456 e. The predicted octanol–water partition coefficient (Wildman–Crippen LogP) is 8.78. The summed E-state index contributed by atoms with van der Waals surface area (Å²) in [4.78, 5) is 29.4. The van der Waals surface area contributed by atoms with Gasteiger partial charge in [0.05, 0.1) is 22.1 Å². The van der Waals surface area contributed by atoms with Crippen molar-refractivity contribution in [2.24, 2.45) is 0 Å². The van der Waals surface area contributed by atoms with Gasteiger partial charge in [0.2, 0.25) is 5.43 Å². The van der Waals surface area contributed by atoms with Gasteiger partial charge >= 0.3 is 0 Å².